The van der Waals surface area contributed by atoms with E-state index in [2.05, 4.69) is 24.4 Å². The van der Waals surface area contributed by atoms with Crippen LogP contribution in [0.25, 0.3) is 0 Å². The van der Waals surface area contributed by atoms with Gasteiger partial charge in [-0.15, -0.1) is 0 Å². The minimum Gasteiger partial charge on any atom is -0.499 e. The van der Waals surface area contributed by atoms with Crippen LogP contribution in [0.3, 0.4) is 0 Å². The van der Waals surface area contributed by atoms with Gasteiger partial charge in [0, 0.05) is 30.4 Å². The normalized spacial score (nSPS) is 35.1. The molecule has 0 spiro atoms. The molecule has 4 rings (SSSR count). The van der Waals surface area contributed by atoms with Gasteiger partial charge in [0.2, 0.25) is 0 Å². The molecule has 6 unspecified atom stereocenters. The van der Waals surface area contributed by atoms with Gasteiger partial charge in [-0.05, 0) is 55.7 Å². The summed E-state index contributed by atoms with van der Waals surface area (Å²) in [4.78, 5) is 5.06. The predicted octanol–water partition coefficient (Wildman–Crippen LogP) is 4.91. The molecule has 168 valence electrons. The summed E-state index contributed by atoms with van der Waals surface area (Å²) >= 11 is 0. The van der Waals surface area contributed by atoms with Crippen LogP contribution in [-0.4, -0.2) is 36.7 Å². The summed E-state index contributed by atoms with van der Waals surface area (Å²) < 4.78 is 34.2. The number of aliphatic hydroxyl groups is 1. The predicted molar refractivity (Wildman–Crippen MR) is 119 cm³/mol. The van der Waals surface area contributed by atoms with Crippen molar-refractivity contribution in [3.05, 3.63) is 59.4 Å². The smallest absolute Gasteiger partial charge is 0.154 e. The third kappa shape index (κ3) is 4.54. The fraction of sp³-hybridized carbons (Fsp3) is 0.560. The Morgan fingerprint density at radius 3 is 2.84 bits per heavy atom. The van der Waals surface area contributed by atoms with Crippen molar-refractivity contribution >= 4 is 5.84 Å². The van der Waals surface area contributed by atoms with Crippen molar-refractivity contribution < 1.29 is 18.6 Å². The van der Waals surface area contributed by atoms with Crippen LogP contribution in [-0.2, 0) is 4.74 Å². The number of ether oxygens (including phenoxy) is 1. The van der Waals surface area contributed by atoms with Crippen molar-refractivity contribution in [2.75, 3.05) is 13.7 Å². The molecular weight excluding hydrogens is 398 g/mol. The number of hydrogen-bond donors (Lipinski definition) is 2. The number of aliphatic hydroxyl groups excluding tert-OH is 1. The maximum absolute atomic E-state index is 14.6. The molecule has 3 aliphatic carbocycles. The van der Waals surface area contributed by atoms with E-state index in [-0.39, 0.29) is 24.6 Å². The van der Waals surface area contributed by atoms with Gasteiger partial charge in [0.05, 0.1) is 7.11 Å². The van der Waals surface area contributed by atoms with Crippen LogP contribution in [0.15, 0.2) is 64.4 Å². The summed E-state index contributed by atoms with van der Waals surface area (Å²) in [5.74, 6) is 0.338. The van der Waals surface area contributed by atoms with Crippen molar-refractivity contribution in [1.29, 1.82) is 0 Å². The Kier molecular flexibility index (Phi) is 6.75. The molecule has 0 radical (unpaired) electrons. The summed E-state index contributed by atoms with van der Waals surface area (Å²) in [6.45, 7) is 2.33. The Bertz CT molecular complexity index is 871. The minimum absolute atomic E-state index is 0.0384. The van der Waals surface area contributed by atoms with Crippen LogP contribution < -0.4 is 5.32 Å². The first-order valence-electron chi connectivity index (χ1n) is 11.3. The molecule has 4 aliphatic rings. The number of allylic oxidation sites excluding steroid dienone is 8. The van der Waals surface area contributed by atoms with Crippen LogP contribution in [0.4, 0.5) is 8.78 Å². The van der Waals surface area contributed by atoms with Crippen molar-refractivity contribution in [2.45, 2.75) is 51.1 Å². The molecule has 6 heteroatoms. The van der Waals surface area contributed by atoms with Gasteiger partial charge in [0.15, 0.2) is 5.83 Å². The van der Waals surface area contributed by atoms with Crippen LogP contribution >= 0.6 is 0 Å². The maximum atomic E-state index is 14.6. The lowest BCUT2D eigenvalue weighted by molar-refractivity contribution is 0.215. The highest BCUT2D eigenvalue weighted by molar-refractivity contribution is 5.86. The van der Waals surface area contributed by atoms with Gasteiger partial charge in [-0.2, -0.15) is 0 Å². The zero-order chi connectivity index (χ0) is 22.0. The molecule has 0 aromatic heterocycles. The van der Waals surface area contributed by atoms with Crippen molar-refractivity contribution in [1.82, 2.24) is 5.32 Å². The standard InChI is InChI=1S/C25H32F2N2O2/c1-15-6-3-7-16(12-15)25-28-21(10-5-11-30)19-13-17(14-22(31-2)24(19)29-25)18-8-4-9-20(26)23(18)27/h3-4,6,9,13-16,18-19,21,24,30H,5,7-8,10-12H2,1-2H3,(H,28,29). The van der Waals surface area contributed by atoms with Crippen LogP contribution in [0.5, 0.6) is 0 Å². The Balaban J connectivity index is 1.68. The largest absolute Gasteiger partial charge is 0.499 e. The molecule has 2 N–H and O–H groups in total. The van der Waals surface area contributed by atoms with Crippen LogP contribution in [0.1, 0.15) is 39.0 Å². The highest BCUT2D eigenvalue weighted by Crippen LogP contribution is 2.41. The lowest BCUT2D eigenvalue weighted by Crippen LogP contribution is -2.52. The molecule has 6 atom stereocenters. The number of fused-ring (bicyclic) bond motifs is 1. The highest BCUT2D eigenvalue weighted by Gasteiger charge is 2.41. The van der Waals surface area contributed by atoms with Gasteiger partial charge in [-0.25, -0.2) is 8.78 Å². The van der Waals surface area contributed by atoms with Crippen LogP contribution in [0, 0.1) is 23.7 Å². The lowest BCUT2D eigenvalue weighted by Gasteiger charge is -2.42. The first-order valence-corrected chi connectivity index (χ1v) is 11.3. The quantitative estimate of drug-likeness (QED) is 0.589. The zero-order valence-corrected chi connectivity index (χ0v) is 18.2. The second kappa shape index (κ2) is 9.51. The number of rotatable bonds is 6. The van der Waals surface area contributed by atoms with Crippen molar-refractivity contribution in [2.24, 2.45) is 28.7 Å². The molecular formula is C25H32F2N2O2. The topological polar surface area (TPSA) is 53.9 Å². The second-order valence-corrected chi connectivity index (χ2v) is 9.03. The van der Waals surface area contributed by atoms with Gasteiger partial charge in [-0.3, -0.25) is 4.99 Å². The maximum Gasteiger partial charge on any atom is 0.154 e. The number of amidine groups is 1. The summed E-state index contributed by atoms with van der Waals surface area (Å²) in [7, 11) is 1.62. The van der Waals surface area contributed by atoms with E-state index < -0.39 is 17.6 Å². The number of methoxy groups -OCH3 is 1. The van der Waals surface area contributed by atoms with E-state index in [1.54, 1.807) is 13.2 Å². The number of halogens is 2. The van der Waals surface area contributed by atoms with E-state index >= 15 is 0 Å². The van der Waals surface area contributed by atoms with Crippen molar-refractivity contribution in [3.63, 3.8) is 0 Å². The molecule has 0 saturated heterocycles. The third-order valence-corrected chi connectivity index (χ3v) is 6.84. The van der Waals surface area contributed by atoms with Gasteiger partial charge in [0.1, 0.15) is 23.5 Å². The molecule has 0 amide bonds. The number of aliphatic imine (C=N–C) groups is 1. The molecule has 4 nitrogen and oxygen atoms in total. The van der Waals surface area contributed by atoms with Gasteiger partial charge in [-0.1, -0.05) is 31.2 Å². The molecule has 0 saturated carbocycles. The first-order chi connectivity index (χ1) is 15.0. The molecule has 0 aromatic rings. The second-order valence-electron chi connectivity index (χ2n) is 9.03. The monoisotopic (exact) mass is 430 g/mol. The van der Waals surface area contributed by atoms with Gasteiger partial charge >= 0.3 is 0 Å². The third-order valence-electron chi connectivity index (χ3n) is 6.84. The summed E-state index contributed by atoms with van der Waals surface area (Å²) in [6, 6.07) is -0.137. The van der Waals surface area contributed by atoms with E-state index in [4.69, 9.17) is 9.73 Å². The first kappa shape index (κ1) is 22.0. The fourth-order valence-corrected chi connectivity index (χ4v) is 5.22. The van der Waals surface area contributed by atoms with Crippen molar-refractivity contribution in [3.8, 4) is 0 Å². The lowest BCUT2D eigenvalue weighted by atomic mass is 9.76. The molecule has 1 heterocycles. The molecule has 1 aliphatic heterocycles. The average Bonchev–Trinajstić information content (AvgIpc) is 2.78. The van der Waals surface area contributed by atoms with E-state index in [9.17, 15) is 13.9 Å². The number of hydrogen-bond acceptors (Lipinski definition) is 4. The Morgan fingerprint density at radius 1 is 1.26 bits per heavy atom. The molecule has 0 fully saturated rings. The molecule has 0 aromatic carbocycles. The molecule has 31 heavy (non-hydrogen) atoms. The van der Waals surface area contributed by atoms with E-state index in [0.717, 1.165) is 30.7 Å². The number of nitrogens with one attached hydrogen (secondary N) is 1. The zero-order valence-electron chi connectivity index (χ0n) is 18.2. The SMILES string of the molecule is COC1=CC(C2CC=CC(F)=C2F)=CC2C(CCCO)NC(C3CC=CC(C)C3)=NC12. The molecule has 0 bridgehead atoms. The number of nitrogens with zero attached hydrogens (tertiary/aromatic N) is 1. The van der Waals surface area contributed by atoms with Crippen LogP contribution in [0.2, 0.25) is 0 Å². The summed E-state index contributed by atoms with van der Waals surface area (Å²) in [5, 5.41) is 13.1. The van der Waals surface area contributed by atoms with Gasteiger partial charge < -0.3 is 15.2 Å². The average molecular weight is 431 g/mol. The summed E-state index contributed by atoms with van der Waals surface area (Å²) in [6.07, 6.45) is 15.1. The highest BCUT2D eigenvalue weighted by atomic mass is 19.2. The van der Waals surface area contributed by atoms with Gasteiger partial charge in [0.25, 0.3) is 0 Å². The summed E-state index contributed by atoms with van der Waals surface area (Å²) in [5.41, 5.74) is 0.735. The van der Waals surface area contributed by atoms with E-state index in [1.807, 2.05) is 12.2 Å². The fourth-order valence-electron chi connectivity index (χ4n) is 5.22. The van der Waals surface area contributed by atoms with E-state index in [0.29, 0.717) is 30.4 Å². The Hall–Kier alpha value is -2.21. The Morgan fingerprint density at radius 2 is 2.10 bits per heavy atom. The minimum atomic E-state index is -0.801. The Labute approximate surface area is 183 Å². The van der Waals surface area contributed by atoms with E-state index in [1.165, 1.54) is 6.08 Å².